The highest BCUT2D eigenvalue weighted by molar-refractivity contribution is 5.66. The Morgan fingerprint density at radius 3 is 1.30 bits per heavy atom. The average Bonchev–Trinajstić information content (AvgIpc) is 2.47. The van der Waals surface area contributed by atoms with Gasteiger partial charge in [0.1, 0.15) is 0 Å². The van der Waals surface area contributed by atoms with Crippen molar-refractivity contribution in [2.45, 2.75) is 96.6 Å². The SMILES string of the molecule is CCCCC(N)N.O=C(O)CCCCCCCCCCC(=O)O. The number of carboxylic acids is 2. The third-order valence-corrected chi connectivity index (χ3v) is 3.42. The summed E-state index contributed by atoms with van der Waals surface area (Å²) in [5, 5.41) is 16.8. The summed E-state index contributed by atoms with van der Waals surface area (Å²) in [5.74, 6) is -1.43. The van der Waals surface area contributed by atoms with Gasteiger partial charge in [0.15, 0.2) is 0 Å². The molecule has 6 N–H and O–H groups in total. The Morgan fingerprint density at radius 1 is 0.739 bits per heavy atom. The summed E-state index contributed by atoms with van der Waals surface area (Å²) in [5.41, 5.74) is 10.5. The first-order valence-electron chi connectivity index (χ1n) is 8.84. The van der Waals surface area contributed by atoms with Crippen LogP contribution in [0.4, 0.5) is 0 Å². The predicted molar refractivity (Wildman–Crippen MR) is 93.1 cm³/mol. The van der Waals surface area contributed by atoms with Crippen LogP contribution in [0.15, 0.2) is 0 Å². The number of aliphatic carboxylic acids is 2. The normalized spacial score (nSPS) is 10.3. The van der Waals surface area contributed by atoms with Gasteiger partial charge in [0.2, 0.25) is 0 Å². The zero-order valence-corrected chi connectivity index (χ0v) is 14.6. The van der Waals surface area contributed by atoms with Gasteiger partial charge in [-0.3, -0.25) is 9.59 Å². The molecule has 6 heteroatoms. The fraction of sp³-hybridized carbons (Fsp3) is 0.882. The van der Waals surface area contributed by atoms with Crippen LogP contribution >= 0.6 is 0 Å². The number of carbonyl (C=O) groups is 2. The van der Waals surface area contributed by atoms with Crippen molar-refractivity contribution in [3.8, 4) is 0 Å². The van der Waals surface area contributed by atoms with E-state index in [1.54, 1.807) is 0 Å². The predicted octanol–water partition coefficient (Wildman–Crippen LogP) is 3.48. The highest BCUT2D eigenvalue weighted by Crippen LogP contribution is 2.10. The Balaban J connectivity index is 0. The molecule has 0 atom stereocenters. The molecular weight excluding hydrogens is 296 g/mol. The summed E-state index contributed by atoms with van der Waals surface area (Å²) < 4.78 is 0. The molecule has 0 fully saturated rings. The molecule has 0 unspecified atom stereocenters. The second kappa shape index (κ2) is 18.9. The topological polar surface area (TPSA) is 127 Å². The molecule has 0 aromatic heterocycles. The molecule has 0 radical (unpaired) electrons. The highest BCUT2D eigenvalue weighted by Gasteiger charge is 1.98. The molecule has 138 valence electrons. The van der Waals surface area contributed by atoms with Crippen molar-refractivity contribution in [3.63, 3.8) is 0 Å². The van der Waals surface area contributed by atoms with Gasteiger partial charge in [0.05, 0.1) is 6.17 Å². The largest absolute Gasteiger partial charge is 0.481 e. The van der Waals surface area contributed by atoms with E-state index >= 15 is 0 Å². The minimum Gasteiger partial charge on any atom is -0.481 e. The zero-order valence-electron chi connectivity index (χ0n) is 14.6. The van der Waals surface area contributed by atoms with E-state index in [-0.39, 0.29) is 19.0 Å². The second-order valence-electron chi connectivity index (χ2n) is 5.92. The third-order valence-electron chi connectivity index (χ3n) is 3.42. The Hall–Kier alpha value is -1.14. The summed E-state index contributed by atoms with van der Waals surface area (Å²) >= 11 is 0. The fourth-order valence-electron chi connectivity index (χ4n) is 2.05. The average molecular weight is 332 g/mol. The Labute approximate surface area is 140 Å². The summed E-state index contributed by atoms with van der Waals surface area (Å²) in [6.45, 7) is 2.13. The lowest BCUT2D eigenvalue weighted by Gasteiger charge is -2.00. The zero-order chi connectivity index (χ0) is 17.9. The first-order chi connectivity index (χ1) is 10.9. The van der Waals surface area contributed by atoms with Crippen molar-refractivity contribution in [1.82, 2.24) is 0 Å². The molecule has 0 heterocycles. The standard InChI is InChI=1S/C12H22O4.C5H14N2/c13-11(14)9-7-5-3-1-2-4-6-8-10-12(15)16;1-2-3-4-5(6)7/h1-10H2,(H,13,14)(H,15,16);5H,2-4,6-7H2,1H3. The second-order valence-corrected chi connectivity index (χ2v) is 5.92. The Kier molecular flexibility index (Phi) is 19.8. The van der Waals surface area contributed by atoms with Gasteiger partial charge >= 0.3 is 11.9 Å². The smallest absolute Gasteiger partial charge is 0.303 e. The molecule has 0 aliphatic carbocycles. The maximum atomic E-state index is 10.2. The van der Waals surface area contributed by atoms with Crippen LogP contribution in [-0.2, 0) is 9.59 Å². The van der Waals surface area contributed by atoms with Gasteiger partial charge in [-0.25, -0.2) is 0 Å². The van der Waals surface area contributed by atoms with Crippen LogP contribution in [0.5, 0.6) is 0 Å². The van der Waals surface area contributed by atoms with Crippen LogP contribution in [0.2, 0.25) is 0 Å². The van der Waals surface area contributed by atoms with Crippen molar-refractivity contribution in [2.24, 2.45) is 11.5 Å². The summed E-state index contributed by atoms with van der Waals surface area (Å²) in [6.07, 6.45) is 11.7. The van der Waals surface area contributed by atoms with E-state index in [1.165, 1.54) is 6.42 Å². The van der Waals surface area contributed by atoms with Crippen LogP contribution in [0.3, 0.4) is 0 Å². The summed E-state index contributed by atoms with van der Waals surface area (Å²) in [4.78, 5) is 20.4. The molecule has 0 aliphatic rings. The van der Waals surface area contributed by atoms with E-state index in [9.17, 15) is 9.59 Å². The molecule has 0 rings (SSSR count). The molecule has 0 saturated heterocycles. The van der Waals surface area contributed by atoms with Crippen molar-refractivity contribution >= 4 is 11.9 Å². The number of carboxylic acid groups (broad SMARTS) is 2. The minimum absolute atomic E-state index is 0.0973. The molecule has 6 nitrogen and oxygen atoms in total. The molecule has 0 aromatic carbocycles. The van der Waals surface area contributed by atoms with Crippen molar-refractivity contribution in [2.75, 3.05) is 0 Å². The minimum atomic E-state index is -0.714. The molecule has 23 heavy (non-hydrogen) atoms. The van der Waals surface area contributed by atoms with E-state index in [0.717, 1.165) is 64.2 Å². The molecule has 0 saturated carbocycles. The van der Waals surface area contributed by atoms with Gasteiger partial charge < -0.3 is 21.7 Å². The van der Waals surface area contributed by atoms with Crippen LogP contribution in [0.25, 0.3) is 0 Å². The highest BCUT2D eigenvalue weighted by atomic mass is 16.4. The number of unbranched alkanes of at least 4 members (excludes halogenated alkanes) is 8. The van der Waals surface area contributed by atoms with Gasteiger partial charge in [-0.1, -0.05) is 58.3 Å². The molecule has 0 aliphatic heterocycles. The number of hydrogen-bond acceptors (Lipinski definition) is 4. The maximum absolute atomic E-state index is 10.2. The number of hydrogen-bond donors (Lipinski definition) is 4. The first-order valence-corrected chi connectivity index (χ1v) is 8.84. The lowest BCUT2D eigenvalue weighted by Crippen LogP contribution is -2.29. The van der Waals surface area contributed by atoms with Crippen LogP contribution in [0.1, 0.15) is 90.4 Å². The van der Waals surface area contributed by atoms with E-state index in [2.05, 4.69) is 6.92 Å². The van der Waals surface area contributed by atoms with Gasteiger partial charge in [-0.2, -0.15) is 0 Å². The molecule has 0 bridgehead atoms. The van der Waals surface area contributed by atoms with Crippen molar-refractivity contribution < 1.29 is 19.8 Å². The fourth-order valence-corrected chi connectivity index (χ4v) is 2.05. The van der Waals surface area contributed by atoms with Crippen molar-refractivity contribution in [1.29, 1.82) is 0 Å². The van der Waals surface area contributed by atoms with Crippen LogP contribution in [0, 0.1) is 0 Å². The number of rotatable bonds is 14. The maximum Gasteiger partial charge on any atom is 0.303 e. The van der Waals surface area contributed by atoms with Crippen LogP contribution in [-0.4, -0.2) is 28.3 Å². The van der Waals surface area contributed by atoms with E-state index in [1.807, 2.05) is 0 Å². The first kappa shape index (κ1) is 24.1. The Morgan fingerprint density at radius 2 is 1.09 bits per heavy atom. The molecule has 0 aromatic rings. The lowest BCUT2D eigenvalue weighted by molar-refractivity contribution is -0.138. The molecule has 0 amide bonds. The number of nitrogens with two attached hydrogens (primary N) is 2. The molecule has 0 spiro atoms. The van der Waals surface area contributed by atoms with Gasteiger partial charge in [-0.05, 0) is 19.3 Å². The Bertz CT molecular complexity index is 262. The lowest BCUT2D eigenvalue weighted by atomic mass is 10.1. The third kappa shape index (κ3) is 29.5. The monoisotopic (exact) mass is 332 g/mol. The summed E-state index contributed by atoms with van der Waals surface area (Å²) in [6, 6.07) is 0. The summed E-state index contributed by atoms with van der Waals surface area (Å²) in [7, 11) is 0. The van der Waals surface area contributed by atoms with Gasteiger partial charge in [-0.15, -0.1) is 0 Å². The van der Waals surface area contributed by atoms with Crippen molar-refractivity contribution in [3.05, 3.63) is 0 Å². The van der Waals surface area contributed by atoms with Gasteiger partial charge in [0.25, 0.3) is 0 Å². The van der Waals surface area contributed by atoms with Crippen LogP contribution < -0.4 is 11.5 Å². The van der Waals surface area contributed by atoms with E-state index in [0.29, 0.717) is 0 Å². The van der Waals surface area contributed by atoms with Gasteiger partial charge in [0, 0.05) is 12.8 Å². The van der Waals surface area contributed by atoms with E-state index < -0.39 is 11.9 Å². The molecular formula is C17H36N2O4. The quantitative estimate of drug-likeness (QED) is 0.285. The van der Waals surface area contributed by atoms with E-state index in [4.69, 9.17) is 21.7 Å².